The number of anilines is 1. The summed E-state index contributed by atoms with van der Waals surface area (Å²) in [5.74, 6) is -0.350. The molecule has 0 radical (unpaired) electrons. The third-order valence-electron chi connectivity index (χ3n) is 1.93. The molecule has 0 fully saturated rings. The minimum absolute atomic E-state index is 0.350. The topological polar surface area (TPSA) is 78.7 Å². The van der Waals surface area contributed by atoms with Crippen molar-refractivity contribution in [3.05, 3.63) is 39.9 Å². The Morgan fingerprint density at radius 3 is 3.00 bits per heavy atom. The first kappa shape index (κ1) is 11.5. The molecule has 7 heteroatoms. The molecule has 1 N–H and O–H groups in total. The molecule has 0 spiro atoms. The van der Waals surface area contributed by atoms with Gasteiger partial charge in [0.1, 0.15) is 4.88 Å². The van der Waals surface area contributed by atoms with E-state index in [1.807, 2.05) is 6.07 Å². The maximum atomic E-state index is 11.7. The zero-order chi connectivity index (χ0) is 12.3. The second kappa shape index (κ2) is 4.91. The fourth-order valence-corrected chi connectivity index (χ4v) is 1.72. The second-order valence-electron chi connectivity index (χ2n) is 3.04. The van der Waals surface area contributed by atoms with Crippen molar-refractivity contribution in [3.63, 3.8) is 0 Å². The van der Waals surface area contributed by atoms with E-state index in [0.29, 0.717) is 21.2 Å². The van der Waals surface area contributed by atoms with Crippen molar-refractivity contribution >= 4 is 34.7 Å². The smallest absolute Gasteiger partial charge is 0.269 e. The average Bonchev–Trinajstić information content (AvgIpc) is 2.85. The molecule has 0 aliphatic rings. The summed E-state index contributed by atoms with van der Waals surface area (Å²) in [6.45, 7) is 0. The molecule has 0 saturated heterocycles. The van der Waals surface area contributed by atoms with E-state index < -0.39 is 0 Å². The Balaban J connectivity index is 2.25. The minimum Gasteiger partial charge on any atom is -0.320 e. The van der Waals surface area contributed by atoms with Crippen LogP contribution >= 0.6 is 23.1 Å². The number of hydrogen-bond acceptors (Lipinski definition) is 5. The van der Waals surface area contributed by atoms with Gasteiger partial charge in [-0.1, -0.05) is 16.1 Å². The Bertz CT molecular complexity index is 591. The Hall–Kier alpha value is -1.97. The van der Waals surface area contributed by atoms with Crippen LogP contribution in [-0.2, 0) is 0 Å². The molecular weight excluding hydrogens is 260 g/mol. The van der Waals surface area contributed by atoms with Crippen molar-refractivity contribution in [2.24, 2.45) is 0 Å². The lowest BCUT2D eigenvalue weighted by molar-refractivity contribution is 0.103. The molecule has 0 bridgehead atoms. The predicted octanol–water partition coefficient (Wildman–Crippen LogP) is 2.32. The van der Waals surface area contributed by atoms with Crippen molar-refractivity contribution in [3.8, 4) is 6.07 Å². The zero-order valence-electron chi connectivity index (χ0n) is 8.35. The first-order chi connectivity index (χ1) is 8.20. The number of nitrogens with zero attached hydrogens (tertiary/aromatic N) is 3. The highest BCUT2D eigenvalue weighted by Crippen LogP contribution is 2.23. The minimum atomic E-state index is -0.350. The van der Waals surface area contributed by atoms with Gasteiger partial charge in [0.15, 0.2) is 0 Å². The number of carbonyl (C=O) groups excluding carboxylic acids is 1. The number of hydrogen-bond donors (Lipinski definition) is 1. The standard InChI is InChI=1S/C10H5ClN4OS/c11-7-2-1-6(4-12)3-8(7)14-10(16)9-5-13-15-17-9/h1-3,5H,(H,14,16). The lowest BCUT2D eigenvalue weighted by atomic mass is 10.2. The van der Waals surface area contributed by atoms with Crippen LogP contribution in [0.25, 0.3) is 0 Å². The van der Waals surface area contributed by atoms with Gasteiger partial charge < -0.3 is 5.32 Å². The van der Waals surface area contributed by atoms with Gasteiger partial charge in [-0.05, 0) is 29.7 Å². The SMILES string of the molecule is N#Cc1ccc(Cl)c(NC(=O)c2cnns2)c1. The second-order valence-corrected chi connectivity index (χ2v) is 4.24. The number of nitriles is 1. The fourth-order valence-electron chi connectivity index (χ4n) is 1.14. The Morgan fingerprint density at radius 1 is 1.53 bits per heavy atom. The monoisotopic (exact) mass is 264 g/mol. The number of nitrogens with one attached hydrogen (secondary N) is 1. The van der Waals surface area contributed by atoms with Gasteiger partial charge in [0.25, 0.3) is 5.91 Å². The highest BCUT2D eigenvalue weighted by atomic mass is 35.5. The molecule has 0 aliphatic carbocycles. The Kier molecular flexibility index (Phi) is 3.32. The Labute approximate surface area is 106 Å². The Morgan fingerprint density at radius 2 is 2.35 bits per heavy atom. The van der Waals surface area contributed by atoms with Crippen molar-refractivity contribution in [1.82, 2.24) is 9.59 Å². The summed E-state index contributed by atoms with van der Waals surface area (Å²) in [7, 11) is 0. The fraction of sp³-hybridized carbons (Fsp3) is 0. The van der Waals surface area contributed by atoms with E-state index in [1.165, 1.54) is 12.3 Å². The zero-order valence-corrected chi connectivity index (χ0v) is 9.92. The normalized spacial score (nSPS) is 9.65. The van der Waals surface area contributed by atoms with E-state index in [-0.39, 0.29) is 5.91 Å². The van der Waals surface area contributed by atoms with Crippen molar-refractivity contribution in [2.75, 3.05) is 5.32 Å². The van der Waals surface area contributed by atoms with Gasteiger partial charge in [-0.2, -0.15) is 5.26 Å². The van der Waals surface area contributed by atoms with Gasteiger partial charge >= 0.3 is 0 Å². The summed E-state index contributed by atoms with van der Waals surface area (Å²) in [4.78, 5) is 12.1. The molecular formula is C10H5ClN4OS. The van der Waals surface area contributed by atoms with Crippen LogP contribution in [0.2, 0.25) is 5.02 Å². The van der Waals surface area contributed by atoms with Gasteiger partial charge in [-0.25, -0.2) is 0 Å². The molecule has 0 saturated carbocycles. The van der Waals surface area contributed by atoms with Crippen LogP contribution in [0.15, 0.2) is 24.4 Å². The third kappa shape index (κ3) is 2.58. The van der Waals surface area contributed by atoms with Crippen LogP contribution in [-0.4, -0.2) is 15.5 Å². The van der Waals surface area contributed by atoms with Crippen LogP contribution in [0.1, 0.15) is 15.2 Å². The molecule has 17 heavy (non-hydrogen) atoms. The summed E-state index contributed by atoms with van der Waals surface area (Å²) >= 11 is 6.89. The summed E-state index contributed by atoms with van der Waals surface area (Å²) < 4.78 is 3.59. The summed E-state index contributed by atoms with van der Waals surface area (Å²) in [5.41, 5.74) is 0.816. The molecule has 1 aromatic heterocycles. The van der Waals surface area contributed by atoms with Crippen LogP contribution in [0.4, 0.5) is 5.69 Å². The summed E-state index contributed by atoms with van der Waals surface area (Å²) in [6.07, 6.45) is 1.36. The highest BCUT2D eigenvalue weighted by molar-refractivity contribution is 7.07. The van der Waals surface area contributed by atoms with Crippen LogP contribution < -0.4 is 5.32 Å². The van der Waals surface area contributed by atoms with Crippen LogP contribution in [0.5, 0.6) is 0 Å². The highest BCUT2D eigenvalue weighted by Gasteiger charge is 2.11. The third-order valence-corrected chi connectivity index (χ3v) is 2.92. The number of rotatable bonds is 2. The first-order valence-electron chi connectivity index (χ1n) is 4.49. The summed E-state index contributed by atoms with van der Waals surface area (Å²) in [5, 5.41) is 15.3. The number of amides is 1. The van der Waals surface area contributed by atoms with E-state index in [0.717, 1.165) is 11.5 Å². The maximum absolute atomic E-state index is 11.7. The maximum Gasteiger partial charge on any atom is 0.269 e. The molecule has 84 valence electrons. The molecule has 0 aliphatic heterocycles. The molecule has 1 aromatic carbocycles. The average molecular weight is 265 g/mol. The molecule has 0 unspecified atom stereocenters. The van der Waals surface area contributed by atoms with Crippen LogP contribution in [0.3, 0.4) is 0 Å². The van der Waals surface area contributed by atoms with Crippen molar-refractivity contribution in [2.45, 2.75) is 0 Å². The van der Waals surface area contributed by atoms with E-state index in [1.54, 1.807) is 12.1 Å². The van der Waals surface area contributed by atoms with E-state index >= 15 is 0 Å². The largest absolute Gasteiger partial charge is 0.320 e. The number of carbonyl (C=O) groups is 1. The van der Waals surface area contributed by atoms with E-state index in [4.69, 9.17) is 16.9 Å². The van der Waals surface area contributed by atoms with Crippen LogP contribution in [0, 0.1) is 11.3 Å². The van der Waals surface area contributed by atoms with Gasteiger partial charge in [-0.15, -0.1) is 5.10 Å². The summed E-state index contributed by atoms with van der Waals surface area (Å²) in [6, 6.07) is 6.61. The lowest BCUT2D eigenvalue weighted by Crippen LogP contribution is -2.10. The number of aromatic nitrogens is 2. The van der Waals surface area contributed by atoms with E-state index in [9.17, 15) is 4.79 Å². The van der Waals surface area contributed by atoms with E-state index in [2.05, 4.69) is 14.9 Å². The molecule has 2 aromatic rings. The lowest BCUT2D eigenvalue weighted by Gasteiger charge is -2.05. The quantitative estimate of drug-likeness (QED) is 0.903. The van der Waals surface area contributed by atoms with Gasteiger partial charge in [0, 0.05) is 0 Å². The van der Waals surface area contributed by atoms with Crippen molar-refractivity contribution < 1.29 is 4.79 Å². The number of benzene rings is 1. The van der Waals surface area contributed by atoms with Gasteiger partial charge in [0.2, 0.25) is 0 Å². The number of halogens is 1. The first-order valence-corrected chi connectivity index (χ1v) is 5.64. The molecule has 1 heterocycles. The van der Waals surface area contributed by atoms with Crippen molar-refractivity contribution in [1.29, 1.82) is 5.26 Å². The molecule has 2 rings (SSSR count). The predicted molar refractivity (Wildman–Crippen MR) is 64.0 cm³/mol. The molecule has 0 atom stereocenters. The van der Waals surface area contributed by atoms with Gasteiger partial charge in [-0.3, -0.25) is 4.79 Å². The molecule has 1 amide bonds. The van der Waals surface area contributed by atoms with Gasteiger partial charge in [0.05, 0.1) is 28.5 Å². The molecule has 5 nitrogen and oxygen atoms in total.